The molecule has 0 radical (unpaired) electrons. The molecule has 1 atom stereocenters. The molecule has 0 unspecified atom stereocenters. The Bertz CT molecular complexity index is 977. The topological polar surface area (TPSA) is 110 Å². The third-order valence-corrected chi connectivity index (χ3v) is 7.88. The molecule has 0 bridgehead atoms. The van der Waals surface area contributed by atoms with Crippen molar-refractivity contribution in [2.75, 3.05) is 13.1 Å². The van der Waals surface area contributed by atoms with Crippen LogP contribution in [0.4, 0.5) is 0 Å². The van der Waals surface area contributed by atoms with E-state index < -0.39 is 10.0 Å². The van der Waals surface area contributed by atoms with E-state index in [1.54, 1.807) is 16.9 Å². The van der Waals surface area contributed by atoms with Gasteiger partial charge in [0.1, 0.15) is 4.90 Å². The highest BCUT2D eigenvalue weighted by Crippen LogP contribution is 2.30. The number of hydrogen-bond donors (Lipinski definition) is 1. The van der Waals surface area contributed by atoms with Crippen molar-refractivity contribution < 1.29 is 17.7 Å². The van der Waals surface area contributed by atoms with Gasteiger partial charge in [0.05, 0.1) is 11.9 Å². The van der Waals surface area contributed by atoms with Gasteiger partial charge in [0.25, 0.3) is 5.91 Å². The van der Waals surface area contributed by atoms with Crippen LogP contribution in [0.5, 0.6) is 0 Å². The fraction of sp³-hybridized carbons (Fsp3) is 0.650. The summed E-state index contributed by atoms with van der Waals surface area (Å²) in [6, 6.07) is 1.85. The van der Waals surface area contributed by atoms with E-state index in [-0.39, 0.29) is 28.5 Å². The predicted octanol–water partition coefficient (Wildman–Crippen LogP) is 2.52. The first-order valence-corrected chi connectivity index (χ1v) is 12.2. The lowest BCUT2D eigenvalue weighted by atomic mass is 9.95. The largest absolute Gasteiger partial charge is 0.351 e. The lowest BCUT2D eigenvalue weighted by Crippen LogP contribution is -2.39. The fourth-order valence-corrected chi connectivity index (χ4v) is 5.77. The molecule has 2 aromatic heterocycles. The maximum absolute atomic E-state index is 13.0. The number of hydrogen-bond acceptors (Lipinski definition) is 6. The Morgan fingerprint density at radius 2 is 2.03 bits per heavy atom. The second-order valence-corrected chi connectivity index (χ2v) is 10.1. The minimum Gasteiger partial charge on any atom is -0.351 e. The summed E-state index contributed by atoms with van der Waals surface area (Å²) in [4.78, 5) is 12.7. The summed E-state index contributed by atoms with van der Waals surface area (Å²) in [5, 5.41) is 11.2. The fourth-order valence-electron chi connectivity index (χ4n) is 4.29. The zero-order valence-electron chi connectivity index (χ0n) is 17.3. The number of rotatable bonds is 6. The smallest absolute Gasteiger partial charge is 0.290 e. The van der Waals surface area contributed by atoms with Crippen molar-refractivity contribution in [2.45, 2.75) is 75.3 Å². The first kappa shape index (κ1) is 21.0. The number of carbonyl (C=O) groups is 1. The number of nitrogens with one attached hydrogen (secondary N) is 1. The molecule has 1 aliphatic heterocycles. The molecule has 1 aliphatic carbocycles. The number of carbonyl (C=O) groups excluding carboxylic acids is 1. The molecule has 164 valence electrons. The number of piperidine rings is 1. The normalized spacial score (nSPS) is 21.6. The van der Waals surface area contributed by atoms with Crippen LogP contribution < -0.4 is 5.32 Å². The van der Waals surface area contributed by atoms with Crippen LogP contribution in [0.2, 0.25) is 0 Å². The van der Waals surface area contributed by atoms with Gasteiger partial charge in [0.2, 0.25) is 15.8 Å². The molecule has 4 rings (SSSR count). The molecule has 1 saturated carbocycles. The Morgan fingerprint density at radius 3 is 2.77 bits per heavy atom. The molecule has 3 heterocycles. The monoisotopic (exact) mass is 435 g/mol. The molecule has 9 nitrogen and oxygen atoms in total. The van der Waals surface area contributed by atoms with Gasteiger partial charge in [-0.25, -0.2) is 8.42 Å². The standard InChI is InChI=1S/C20H29N5O4S/c1-2-24-14-17(12-21-24)30(27,28)25-10-6-7-15(13-25)18-11-19(29-23-18)20(26)22-16-8-4-3-5-9-16/h11-12,14-16H,2-10,13H2,1H3,(H,22,26)/t15-/m0/s1. The van der Waals surface area contributed by atoms with Gasteiger partial charge in [-0.1, -0.05) is 24.4 Å². The van der Waals surface area contributed by atoms with Gasteiger partial charge in [0, 0.05) is 43.9 Å². The summed E-state index contributed by atoms with van der Waals surface area (Å²) in [5.74, 6) is -0.151. The Balaban J connectivity index is 1.42. The molecule has 2 fully saturated rings. The number of nitrogens with zero attached hydrogens (tertiary/aromatic N) is 4. The Hall–Kier alpha value is -2.20. The minimum absolute atomic E-state index is 0.102. The van der Waals surface area contributed by atoms with Gasteiger partial charge in [-0.3, -0.25) is 9.48 Å². The zero-order valence-corrected chi connectivity index (χ0v) is 18.1. The summed E-state index contributed by atoms with van der Waals surface area (Å²) in [6.45, 7) is 3.30. The molecule has 10 heteroatoms. The summed E-state index contributed by atoms with van der Waals surface area (Å²) in [6.07, 6.45) is 9.97. The SMILES string of the molecule is CCn1cc(S(=O)(=O)N2CCC[C@H](c3cc(C(=O)NC4CCCCC4)on3)C2)cn1. The molecule has 1 N–H and O–H groups in total. The summed E-state index contributed by atoms with van der Waals surface area (Å²) >= 11 is 0. The Kier molecular flexibility index (Phi) is 6.24. The Morgan fingerprint density at radius 1 is 1.23 bits per heavy atom. The third kappa shape index (κ3) is 4.44. The first-order valence-electron chi connectivity index (χ1n) is 10.8. The third-order valence-electron chi connectivity index (χ3n) is 6.07. The van der Waals surface area contributed by atoms with Crippen LogP contribution in [-0.4, -0.2) is 52.7 Å². The second-order valence-electron chi connectivity index (χ2n) is 8.16. The average Bonchev–Trinajstić information content (AvgIpc) is 3.45. The molecule has 1 saturated heterocycles. The molecule has 0 aromatic carbocycles. The number of aromatic nitrogens is 3. The van der Waals surface area contributed by atoms with E-state index in [0.717, 1.165) is 38.5 Å². The van der Waals surface area contributed by atoms with Crippen molar-refractivity contribution in [3.05, 3.63) is 29.9 Å². The highest BCUT2D eigenvalue weighted by atomic mass is 32.2. The zero-order chi connectivity index (χ0) is 21.1. The minimum atomic E-state index is -3.61. The van der Waals surface area contributed by atoms with E-state index in [1.807, 2.05) is 6.92 Å². The van der Waals surface area contributed by atoms with Crippen LogP contribution in [-0.2, 0) is 16.6 Å². The van der Waals surface area contributed by atoms with Crippen molar-refractivity contribution in [1.82, 2.24) is 24.6 Å². The summed E-state index contributed by atoms with van der Waals surface area (Å²) in [7, 11) is -3.61. The highest BCUT2D eigenvalue weighted by molar-refractivity contribution is 7.89. The molecule has 0 spiro atoms. The van der Waals surface area contributed by atoms with E-state index in [2.05, 4.69) is 15.6 Å². The van der Waals surface area contributed by atoms with Gasteiger partial charge in [-0.15, -0.1) is 0 Å². The van der Waals surface area contributed by atoms with Crippen LogP contribution in [0.25, 0.3) is 0 Å². The van der Waals surface area contributed by atoms with Crippen molar-refractivity contribution in [3.63, 3.8) is 0 Å². The van der Waals surface area contributed by atoms with Gasteiger partial charge in [-0.2, -0.15) is 9.40 Å². The first-order chi connectivity index (χ1) is 14.5. The molecule has 2 aromatic rings. The van der Waals surface area contributed by atoms with Gasteiger partial charge >= 0.3 is 0 Å². The molecular formula is C20H29N5O4S. The van der Waals surface area contributed by atoms with E-state index in [4.69, 9.17) is 4.52 Å². The van der Waals surface area contributed by atoms with Crippen LogP contribution in [0, 0.1) is 0 Å². The molecule has 2 aliphatic rings. The predicted molar refractivity (Wildman–Crippen MR) is 109 cm³/mol. The van der Waals surface area contributed by atoms with Gasteiger partial charge in [-0.05, 0) is 32.6 Å². The molecule has 30 heavy (non-hydrogen) atoms. The summed E-state index contributed by atoms with van der Waals surface area (Å²) < 4.78 is 34.4. The van der Waals surface area contributed by atoms with E-state index in [0.29, 0.717) is 25.3 Å². The molecule has 1 amide bonds. The van der Waals surface area contributed by atoms with Crippen LogP contribution in [0.15, 0.2) is 27.9 Å². The highest BCUT2D eigenvalue weighted by Gasteiger charge is 2.33. The lowest BCUT2D eigenvalue weighted by Gasteiger charge is -2.30. The quantitative estimate of drug-likeness (QED) is 0.746. The van der Waals surface area contributed by atoms with E-state index in [1.165, 1.54) is 16.9 Å². The second kappa shape index (κ2) is 8.89. The van der Waals surface area contributed by atoms with E-state index in [9.17, 15) is 13.2 Å². The van der Waals surface area contributed by atoms with E-state index >= 15 is 0 Å². The maximum atomic E-state index is 13.0. The van der Waals surface area contributed by atoms with Crippen molar-refractivity contribution in [3.8, 4) is 0 Å². The number of sulfonamides is 1. The lowest BCUT2D eigenvalue weighted by molar-refractivity contribution is 0.0890. The molecular weight excluding hydrogens is 406 g/mol. The van der Waals surface area contributed by atoms with Crippen molar-refractivity contribution in [1.29, 1.82) is 0 Å². The number of amides is 1. The van der Waals surface area contributed by atoms with Crippen LogP contribution >= 0.6 is 0 Å². The summed E-state index contributed by atoms with van der Waals surface area (Å²) in [5.41, 5.74) is 0.632. The van der Waals surface area contributed by atoms with Crippen molar-refractivity contribution >= 4 is 15.9 Å². The van der Waals surface area contributed by atoms with Gasteiger partial charge < -0.3 is 9.84 Å². The van der Waals surface area contributed by atoms with Crippen LogP contribution in [0.1, 0.15) is 74.0 Å². The van der Waals surface area contributed by atoms with Crippen LogP contribution in [0.3, 0.4) is 0 Å². The Labute approximate surface area is 176 Å². The average molecular weight is 436 g/mol. The van der Waals surface area contributed by atoms with Gasteiger partial charge in [0.15, 0.2) is 0 Å². The van der Waals surface area contributed by atoms with Crippen molar-refractivity contribution in [2.24, 2.45) is 0 Å². The maximum Gasteiger partial charge on any atom is 0.290 e. The number of aryl methyl sites for hydroxylation is 1.